The monoisotopic (exact) mass is 305 g/mol. The lowest BCUT2D eigenvalue weighted by Gasteiger charge is -2.47. The molecule has 2 bridgehead atoms. The van der Waals surface area contributed by atoms with E-state index >= 15 is 0 Å². The van der Waals surface area contributed by atoms with Gasteiger partial charge < -0.3 is 9.88 Å². The summed E-state index contributed by atoms with van der Waals surface area (Å²) in [6.45, 7) is 2.04. The molecule has 0 spiro atoms. The lowest BCUT2D eigenvalue weighted by atomic mass is 9.82. The molecule has 0 aliphatic carbocycles. The van der Waals surface area contributed by atoms with Crippen LogP contribution in [-0.4, -0.2) is 43.4 Å². The smallest absolute Gasteiger partial charge is 0.179 e. The molecule has 114 valence electrons. The van der Waals surface area contributed by atoms with Crippen LogP contribution in [0.2, 0.25) is 0 Å². The van der Waals surface area contributed by atoms with Crippen LogP contribution in [0.15, 0.2) is 0 Å². The van der Waals surface area contributed by atoms with Gasteiger partial charge in [0.15, 0.2) is 10.4 Å². The Morgan fingerprint density at radius 2 is 1.81 bits per heavy atom. The second kappa shape index (κ2) is 4.68. The number of nitrogens with zero attached hydrogens (tertiary/aromatic N) is 4. The summed E-state index contributed by atoms with van der Waals surface area (Å²) in [6.07, 6.45) is 6.45. The molecule has 21 heavy (non-hydrogen) atoms. The van der Waals surface area contributed by atoms with E-state index in [4.69, 9.17) is 12.2 Å². The Morgan fingerprint density at radius 1 is 1.14 bits per heavy atom. The Kier molecular flexibility index (Phi) is 3.01. The van der Waals surface area contributed by atoms with E-state index in [9.17, 15) is 0 Å². The molecule has 0 radical (unpaired) electrons. The second-order valence-corrected chi connectivity index (χ2v) is 7.12. The van der Waals surface area contributed by atoms with Crippen molar-refractivity contribution >= 4 is 23.4 Å². The summed E-state index contributed by atoms with van der Waals surface area (Å²) in [7, 11) is 4.31. The third kappa shape index (κ3) is 1.92. The van der Waals surface area contributed by atoms with Crippen LogP contribution in [0.4, 0.5) is 0 Å². The van der Waals surface area contributed by atoms with Crippen molar-refractivity contribution in [3.05, 3.63) is 10.5 Å². The first-order valence-corrected chi connectivity index (χ1v) is 8.33. The quantitative estimate of drug-likeness (QED) is 0.824. The van der Waals surface area contributed by atoms with Gasteiger partial charge in [-0.25, -0.2) is 0 Å². The summed E-state index contributed by atoms with van der Waals surface area (Å²) in [5.74, 6) is 0. The van der Waals surface area contributed by atoms with Gasteiger partial charge in [-0.05, 0) is 51.9 Å². The highest BCUT2D eigenvalue weighted by molar-refractivity contribution is 7.71. The molecular formula is C15H23N5S. The Labute approximate surface area is 129 Å². The van der Waals surface area contributed by atoms with Crippen LogP contribution in [0, 0.1) is 11.7 Å². The molecular weight excluding hydrogens is 282 g/mol. The molecule has 0 saturated carbocycles. The van der Waals surface area contributed by atoms with Gasteiger partial charge in [0.05, 0.1) is 5.69 Å². The minimum Gasteiger partial charge on any atom is -0.328 e. The van der Waals surface area contributed by atoms with E-state index in [1.165, 1.54) is 32.1 Å². The van der Waals surface area contributed by atoms with Gasteiger partial charge >= 0.3 is 0 Å². The highest BCUT2D eigenvalue weighted by Gasteiger charge is 2.37. The van der Waals surface area contributed by atoms with Crippen molar-refractivity contribution in [3.63, 3.8) is 0 Å². The summed E-state index contributed by atoms with van der Waals surface area (Å²) in [5.41, 5.74) is 3.29. The minimum atomic E-state index is 0.507. The number of aryl methyl sites for hydroxylation is 2. The molecule has 2 aliphatic heterocycles. The number of piperidine rings is 2. The molecule has 1 N–H and O–H groups in total. The maximum absolute atomic E-state index is 5.62. The number of hydrogen-bond acceptors (Lipinski definition) is 3. The Balaban J connectivity index is 1.80. The third-order valence-corrected chi connectivity index (χ3v) is 5.85. The standard InChI is InChI=1S/C15H23N5S/c1-9-13-14(19(3)17-9)20(15(21)16-13)12-7-10-5-4-6-11(8-12)18(10)2/h10-12H,4-8H2,1-3H3,(H,16,21). The molecule has 4 rings (SSSR count). The van der Waals surface area contributed by atoms with Gasteiger partial charge in [0.1, 0.15) is 5.52 Å². The van der Waals surface area contributed by atoms with Crippen LogP contribution in [0.3, 0.4) is 0 Å². The number of fused-ring (bicyclic) bond motifs is 3. The van der Waals surface area contributed by atoms with E-state index < -0.39 is 0 Å². The van der Waals surface area contributed by atoms with Crippen LogP contribution < -0.4 is 0 Å². The predicted octanol–water partition coefficient (Wildman–Crippen LogP) is 2.93. The van der Waals surface area contributed by atoms with Gasteiger partial charge in [-0.15, -0.1) is 0 Å². The molecule has 2 aliphatic rings. The van der Waals surface area contributed by atoms with E-state index in [0.29, 0.717) is 18.1 Å². The topological polar surface area (TPSA) is 41.8 Å². The number of imidazole rings is 1. The van der Waals surface area contributed by atoms with E-state index in [1.807, 2.05) is 18.7 Å². The molecule has 2 unspecified atom stereocenters. The number of hydrogen-bond donors (Lipinski definition) is 1. The van der Waals surface area contributed by atoms with Crippen molar-refractivity contribution in [1.29, 1.82) is 0 Å². The van der Waals surface area contributed by atoms with Gasteiger partial charge in [0, 0.05) is 25.2 Å². The molecule has 2 fully saturated rings. The minimum absolute atomic E-state index is 0.507. The highest BCUT2D eigenvalue weighted by Crippen LogP contribution is 2.39. The average molecular weight is 305 g/mol. The van der Waals surface area contributed by atoms with E-state index in [2.05, 4.69) is 26.6 Å². The Morgan fingerprint density at radius 3 is 2.48 bits per heavy atom. The van der Waals surface area contributed by atoms with Crippen molar-refractivity contribution in [2.24, 2.45) is 7.05 Å². The van der Waals surface area contributed by atoms with Gasteiger partial charge in [0.2, 0.25) is 0 Å². The lowest BCUT2D eigenvalue weighted by Crippen LogP contribution is -2.50. The summed E-state index contributed by atoms with van der Waals surface area (Å²) in [6, 6.07) is 1.93. The SMILES string of the molecule is Cc1nn(C)c2c1[nH]c(=S)n2C1CC2CCCC(C1)N2C. The number of aromatic nitrogens is 4. The molecule has 2 aromatic rings. The van der Waals surface area contributed by atoms with Crippen molar-refractivity contribution in [2.75, 3.05) is 7.05 Å². The fourth-order valence-corrected chi connectivity index (χ4v) is 4.81. The Hall–Kier alpha value is -1.14. The number of rotatable bonds is 1. The van der Waals surface area contributed by atoms with E-state index in [-0.39, 0.29) is 0 Å². The molecule has 4 heterocycles. The van der Waals surface area contributed by atoms with Crippen molar-refractivity contribution in [3.8, 4) is 0 Å². The molecule has 0 amide bonds. The van der Waals surface area contributed by atoms with E-state index in [0.717, 1.165) is 21.6 Å². The molecule has 2 aromatic heterocycles. The fourth-order valence-electron chi connectivity index (χ4n) is 4.47. The van der Waals surface area contributed by atoms with Crippen LogP contribution in [0.5, 0.6) is 0 Å². The number of aromatic amines is 1. The highest BCUT2D eigenvalue weighted by atomic mass is 32.1. The van der Waals surface area contributed by atoms with Gasteiger partial charge in [-0.1, -0.05) is 6.42 Å². The lowest BCUT2D eigenvalue weighted by molar-refractivity contribution is 0.0404. The summed E-state index contributed by atoms with van der Waals surface area (Å²) in [5, 5.41) is 4.54. The first kappa shape index (κ1) is 13.5. The summed E-state index contributed by atoms with van der Waals surface area (Å²) < 4.78 is 5.17. The summed E-state index contributed by atoms with van der Waals surface area (Å²) >= 11 is 5.62. The molecule has 0 aromatic carbocycles. The molecule has 6 heteroatoms. The number of H-pyrrole nitrogens is 1. The fraction of sp³-hybridized carbons (Fsp3) is 0.733. The maximum atomic E-state index is 5.62. The van der Waals surface area contributed by atoms with Crippen LogP contribution in [-0.2, 0) is 7.05 Å². The second-order valence-electron chi connectivity index (χ2n) is 6.74. The van der Waals surface area contributed by atoms with Gasteiger partial charge in [-0.2, -0.15) is 5.10 Å². The van der Waals surface area contributed by atoms with Gasteiger partial charge in [0.25, 0.3) is 0 Å². The normalized spacial score (nSPS) is 30.1. The van der Waals surface area contributed by atoms with E-state index in [1.54, 1.807) is 0 Å². The zero-order valence-corrected chi connectivity index (χ0v) is 13.8. The zero-order valence-electron chi connectivity index (χ0n) is 13.0. The zero-order chi connectivity index (χ0) is 14.7. The third-order valence-electron chi connectivity index (χ3n) is 5.55. The Bertz CT molecular complexity index is 725. The molecule has 2 atom stereocenters. The van der Waals surface area contributed by atoms with Gasteiger partial charge in [-0.3, -0.25) is 9.25 Å². The number of nitrogens with one attached hydrogen (secondary N) is 1. The van der Waals surface area contributed by atoms with Crippen LogP contribution in [0.1, 0.15) is 43.8 Å². The predicted molar refractivity (Wildman–Crippen MR) is 86.1 cm³/mol. The van der Waals surface area contributed by atoms with Crippen LogP contribution in [0.25, 0.3) is 11.2 Å². The first-order valence-electron chi connectivity index (χ1n) is 7.92. The van der Waals surface area contributed by atoms with Crippen molar-refractivity contribution in [2.45, 2.75) is 57.2 Å². The first-order chi connectivity index (χ1) is 10.1. The molecule has 2 saturated heterocycles. The largest absolute Gasteiger partial charge is 0.328 e. The van der Waals surface area contributed by atoms with Crippen molar-refractivity contribution < 1.29 is 0 Å². The molecule has 5 nitrogen and oxygen atoms in total. The van der Waals surface area contributed by atoms with Crippen molar-refractivity contribution in [1.82, 2.24) is 24.2 Å². The average Bonchev–Trinajstić information content (AvgIpc) is 2.88. The maximum Gasteiger partial charge on any atom is 0.179 e. The summed E-state index contributed by atoms with van der Waals surface area (Å²) in [4.78, 5) is 5.97. The van der Waals surface area contributed by atoms with Crippen LogP contribution >= 0.6 is 12.2 Å².